The summed E-state index contributed by atoms with van der Waals surface area (Å²) in [6.45, 7) is 0.151. The summed E-state index contributed by atoms with van der Waals surface area (Å²) in [6.07, 6.45) is 0.436. The van der Waals surface area contributed by atoms with Gasteiger partial charge in [-0.2, -0.15) is 0 Å². The number of rotatable bonds is 8. The maximum Gasteiger partial charge on any atom is 0.240 e. The molecule has 3 aromatic rings. The summed E-state index contributed by atoms with van der Waals surface area (Å²) in [5.41, 5.74) is 0.873. The zero-order chi connectivity index (χ0) is 20.9. The van der Waals surface area contributed by atoms with Gasteiger partial charge in [-0.25, -0.2) is 21.6 Å². The summed E-state index contributed by atoms with van der Waals surface area (Å²) in [5, 5.41) is 0. The van der Waals surface area contributed by atoms with Gasteiger partial charge in [0, 0.05) is 6.54 Å². The van der Waals surface area contributed by atoms with E-state index in [1.165, 1.54) is 36.4 Å². The van der Waals surface area contributed by atoms with Crippen molar-refractivity contribution in [3.63, 3.8) is 0 Å². The van der Waals surface area contributed by atoms with Gasteiger partial charge >= 0.3 is 0 Å². The molecule has 0 amide bonds. The van der Waals surface area contributed by atoms with Crippen molar-refractivity contribution in [2.24, 2.45) is 0 Å². The van der Waals surface area contributed by atoms with Gasteiger partial charge in [0.25, 0.3) is 0 Å². The van der Waals surface area contributed by atoms with E-state index in [1.807, 2.05) is 24.3 Å². The Morgan fingerprint density at radius 2 is 1.38 bits per heavy atom. The average Bonchev–Trinajstić information content (AvgIpc) is 2.74. The summed E-state index contributed by atoms with van der Waals surface area (Å²) >= 11 is 0. The van der Waals surface area contributed by atoms with Crippen molar-refractivity contribution in [1.82, 2.24) is 4.72 Å². The molecule has 29 heavy (non-hydrogen) atoms. The zero-order valence-electron chi connectivity index (χ0n) is 15.8. The molecule has 0 heterocycles. The second kappa shape index (κ2) is 8.77. The normalized spacial score (nSPS) is 11.9. The molecule has 0 aromatic heterocycles. The molecule has 1 N–H and O–H groups in total. The van der Waals surface area contributed by atoms with Crippen LogP contribution in [0.3, 0.4) is 0 Å². The Balaban J connectivity index is 1.79. The molecule has 0 aliphatic carbocycles. The van der Waals surface area contributed by atoms with Crippen LogP contribution >= 0.6 is 0 Å². The van der Waals surface area contributed by atoms with Gasteiger partial charge in [-0.15, -0.1) is 0 Å². The van der Waals surface area contributed by atoms with Gasteiger partial charge in [-0.3, -0.25) is 0 Å². The summed E-state index contributed by atoms with van der Waals surface area (Å²) in [4.78, 5) is -0.0653. The van der Waals surface area contributed by atoms with Crippen LogP contribution in [0.2, 0.25) is 0 Å². The molecule has 0 radical (unpaired) electrons. The highest BCUT2D eigenvalue weighted by Crippen LogP contribution is 2.23. The van der Waals surface area contributed by atoms with Gasteiger partial charge in [-0.05, 0) is 48.4 Å². The first kappa shape index (κ1) is 21.0. The molecule has 152 valence electrons. The lowest BCUT2D eigenvalue weighted by Crippen LogP contribution is -2.26. The fraction of sp³-hybridized carbons (Fsp3) is 0.143. The van der Waals surface area contributed by atoms with Gasteiger partial charge in [0.05, 0.1) is 21.8 Å². The third kappa shape index (κ3) is 4.84. The maximum atomic E-state index is 12.8. The van der Waals surface area contributed by atoms with E-state index in [2.05, 4.69) is 4.72 Å². The van der Waals surface area contributed by atoms with Crippen molar-refractivity contribution < 1.29 is 21.6 Å². The maximum absolute atomic E-state index is 12.8. The van der Waals surface area contributed by atoms with Crippen LogP contribution < -0.4 is 9.46 Å². The Kier molecular flexibility index (Phi) is 6.36. The second-order valence-electron chi connectivity index (χ2n) is 6.25. The first-order chi connectivity index (χ1) is 13.8. The lowest BCUT2D eigenvalue weighted by molar-refractivity contribution is 0.409. The molecule has 6 nitrogen and oxygen atoms in total. The molecule has 3 rings (SSSR count). The molecule has 0 aliphatic heterocycles. The van der Waals surface area contributed by atoms with E-state index in [-0.39, 0.29) is 21.2 Å². The Labute approximate surface area is 171 Å². The minimum absolute atomic E-state index is 0.0729. The average molecular weight is 432 g/mol. The van der Waals surface area contributed by atoms with Gasteiger partial charge in [0.2, 0.25) is 19.9 Å². The second-order valence-corrected chi connectivity index (χ2v) is 9.97. The van der Waals surface area contributed by atoms with Crippen molar-refractivity contribution >= 4 is 19.9 Å². The van der Waals surface area contributed by atoms with Gasteiger partial charge in [0.15, 0.2) is 0 Å². The highest BCUT2D eigenvalue weighted by atomic mass is 32.2. The number of nitrogens with one attached hydrogen (secondary N) is 1. The lowest BCUT2D eigenvalue weighted by Gasteiger charge is -2.11. The molecular formula is C21H21NO5S2. The van der Waals surface area contributed by atoms with Crippen LogP contribution in [0.1, 0.15) is 5.56 Å². The highest BCUT2D eigenvalue weighted by molar-refractivity contribution is 7.91. The van der Waals surface area contributed by atoms with E-state index < -0.39 is 19.9 Å². The number of hydrogen-bond donors (Lipinski definition) is 1. The van der Waals surface area contributed by atoms with Crippen LogP contribution in [0.15, 0.2) is 93.5 Å². The Bertz CT molecular complexity index is 1190. The molecule has 0 atom stereocenters. The molecule has 0 bridgehead atoms. The zero-order valence-corrected chi connectivity index (χ0v) is 17.4. The van der Waals surface area contributed by atoms with Crippen molar-refractivity contribution in [1.29, 1.82) is 0 Å². The van der Waals surface area contributed by atoms with E-state index in [1.54, 1.807) is 25.3 Å². The smallest absolute Gasteiger partial charge is 0.240 e. The predicted molar refractivity (Wildman–Crippen MR) is 110 cm³/mol. The van der Waals surface area contributed by atoms with E-state index in [0.29, 0.717) is 12.2 Å². The van der Waals surface area contributed by atoms with Gasteiger partial charge in [0.1, 0.15) is 5.75 Å². The Morgan fingerprint density at radius 3 is 2.10 bits per heavy atom. The quantitative estimate of drug-likeness (QED) is 0.592. The summed E-state index contributed by atoms with van der Waals surface area (Å²) in [5.74, 6) is 0.683. The SMILES string of the molecule is COc1ccccc1CCNS(=O)(=O)c1cccc(S(=O)(=O)c2ccccc2)c1. The predicted octanol–water partition coefficient (Wildman–Crippen LogP) is 3.05. The van der Waals surface area contributed by atoms with Crippen LogP contribution in [0, 0.1) is 0 Å². The summed E-state index contributed by atoms with van der Waals surface area (Å²) < 4.78 is 58.6. The Morgan fingerprint density at radius 1 is 0.759 bits per heavy atom. The molecule has 0 aliphatic rings. The third-order valence-corrected chi connectivity index (χ3v) is 7.58. The summed E-state index contributed by atoms with van der Waals surface area (Å²) in [6, 6.07) is 20.6. The number of methoxy groups -OCH3 is 1. The van der Waals surface area contributed by atoms with Gasteiger partial charge < -0.3 is 4.74 Å². The van der Waals surface area contributed by atoms with E-state index in [0.717, 1.165) is 5.56 Å². The highest BCUT2D eigenvalue weighted by Gasteiger charge is 2.21. The molecule has 0 fully saturated rings. The molecule has 0 saturated heterocycles. The molecule has 0 spiro atoms. The van der Waals surface area contributed by atoms with E-state index in [4.69, 9.17) is 4.74 Å². The number of para-hydroxylation sites is 1. The fourth-order valence-electron chi connectivity index (χ4n) is 2.86. The monoisotopic (exact) mass is 431 g/mol. The summed E-state index contributed by atoms with van der Waals surface area (Å²) in [7, 11) is -6.12. The number of benzene rings is 3. The molecule has 8 heteroatoms. The minimum Gasteiger partial charge on any atom is -0.496 e. The fourth-order valence-corrected chi connectivity index (χ4v) is 5.34. The van der Waals surface area contributed by atoms with Gasteiger partial charge in [-0.1, -0.05) is 42.5 Å². The van der Waals surface area contributed by atoms with Crippen molar-refractivity contribution in [2.45, 2.75) is 21.1 Å². The number of sulfone groups is 1. The minimum atomic E-state index is -3.87. The largest absolute Gasteiger partial charge is 0.496 e. The van der Waals surface area contributed by atoms with Crippen molar-refractivity contribution in [3.05, 3.63) is 84.4 Å². The number of ether oxygens (including phenoxy) is 1. The molecule has 0 unspecified atom stereocenters. The molecule has 0 saturated carbocycles. The van der Waals surface area contributed by atoms with E-state index in [9.17, 15) is 16.8 Å². The Hall–Kier alpha value is -2.68. The standard InChI is InChI=1S/C21H21NO5S2/c1-27-21-13-6-5-8-17(21)14-15-22-29(25,26)20-12-7-11-19(16-20)28(23,24)18-9-3-2-4-10-18/h2-13,16,22H,14-15H2,1H3. The van der Waals surface area contributed by atoms with Crippen molar-refractivity contribution in [2.75, 3.05) is 13.7 Å². The van der Waals surface area contributed by atoms with Crippen molar-refractivity contribution in [3.8, 4) is 5.75 Å². The lowest BCUT2D eigenvalue weighted by atomic mass is 10.1. The third-order valence-electron chi connectivity index (χ3n) is 4.36. The van der Waals surface area contributed by atoms with Crippen LogP contribution in [0.25, 0.3) is 0 Å². The van der Waals surface area contributed by atoms with Crippen LogP contribution in [-0.2, 0) is 26.3 Å². The topological polar surface area (TPSA) is 89.5 Å². The van der Waals surface area contributed by atoms with Crippen LogP contribution in [-0.4, -0.2) is 30.5 Å². The number of hydrogen-bond acceptors (Lipinski definition) is 5. The van der Waals surface area contributed by atoms with Crippen LogP contribution in [0.4, 0.5) is 0 Å². The molecular weight excluding hydrogens is 410 g/mol. The van der Waals surface area contributed by atoms with E-state index >= 15 is 0 Å². The molecule has 3 aromatic carbocycles. The van der Waals surface area contributed by atoms with Crippen LogP contribution in [0.5, 0.6) is 5.75 Å². The first-order valence-electron chi connectivity index (χ1n) is 8.86. The number of sulfonamides is 1. The first-order valence-corrected chi connectivity index (χ1v) is 11.8.